The first kappa shape index (κ1) is 22.4. The molecule has 172 valence electrons. The Morgan fingerprint density at radius 3 is 2.79 bits per heavy atom. The van der Waals surface area contributed by atoms with Crippen LogP contribution >= 0.6 is 22.9 Å². The van der Waals surface area contributed by atoms with Gasteiger partial charge in [-0.05, 0) is 42.7 Å². The van der Waals surface area contributed by atoms with Crippen LogP contribution in [0.25, 0.3) is 21.5 Å². The predicted molar refractivity (Wildman–Crippen MR) is 128 cm³/mol. The van der Waals surface area contributed by atoms with E-state index in [0.29, 0.717) is 30.9 Å². The minimum absolute atomic E-state index is 0.0877. The SMILES string of the molecule is Cc1cc(Cl)cc(-c2ncnc3cc(CN4C(=O)CCCC4=O)sc23)c1C[C@H]1CNCCO1. The molecule has 2 aliphatic heterocycles. The van der Waals surface area contributed by atoms with Gasteiger partial charge in [-0.25, -0.2) is 9.97 Å². The molecule has 2 aromatic heterocycles. The Balaban J connectivity index is 1.53. The third kappa shape index (κ3) is 4.66. The number of amides is 2. The second kappa shape index (κ2) is 9.46. The molecule has 1 aromatic carbocycles. The van der Waals surface area contributed by atoms with Crippen LogP contribution in [0.4, 0.5) is 0 Å². The number of likely N-dealkylation sites (tertiary alicyclic amines) is 1. The number of carbonyl (C=O) groups excluding carboxylic acids is 2. The highest BCUT2D eigenvalue weighted by molar-refractivity contribution is 7.19. The number of carbonyl (C=O) groups is 2. The van der Waals surface area contributed by atoms with Crippen molar-refractivity contribution in [3.63, 3.8) is 0 Å². The fraction of sp³-hybridized carbons (Fsp3) is 0.417. The van der Waals surface area contributed by atoms with E-state index in [4.69, 9.17) is 16.3 Å². The highest BCUT2D eigenvalue weighted by atomic mass is 35.5. The van der Waals surface area contributed by atoms with Gasteiger partial charge in [0.15, 0.2) is 0 Å². The molecule has 0 unspecified atom stereocenters. The first-order valence-corrected chi connectivity index (χ1v) is 12.4. The van der Waals surface area contributed by atoms with Crippen LogP contribution in [0.2, 0.25) is 5.02 Å². The van der Waals surface area contributed by atoms with Crippen LogP contribution in [0.1, 0.15) is 35.3 Å². The highest BCUT2D eigenvalue weighted by Crippen LogP contribution is 2.37. The van der Waals surface area contributed by atoms with Gasteiger partial charge >= 0.3 is 0 Å². The molecule has 0 radical (unpaired) electrons. The fourth-order valence-corrected chi connectivity index (χ4v) is 5.91. The van der Waals surface area contributed by atoms with Crippen LogP contribution in [-0.4, -0.2) is 52.5 Å². The molecule has 4 heterocycles. The van der Waals surface area contributed by atoms with Gasteiger partial charge in [-0.3, -0.25) is 14.5 Å². The number of imide groups is 1. The minimum Gasteiger partial charge on any atom is -0.375 e. The third-order valence-corrected chi connectivity index (χ3v) is 7.52. The monoisotopic (exact) mass is 484 g/mol. The highest BCUT2D eigenvalue weighted by Gasteiger charge is 2.27. The lowest BCUT2D eigenvalue weighted by atomic mass is 9.94. The number of aromatic nitrogens is 2. The topological polar surface area (TPSA) is 84.4 Å². The number of piperidine rings is 1. The maximum atomic E-state index is 12.3. The summed E-state index contributed by atoms with van der Waals surface area (Å²) >= 11 is 7.99. The standard InChI is InChI=1S/C24H25ClN4O3S/c1-14-7-15(25)8-19(18(14)9-16-11-26-5-6-32-16)23-24-20(27-13-28-23)10-17(33-24)12-29-21(30)3-2-4-22(29)31/h7-8,10,13,16,26H,2-6,9,11-12H2,1H3/t16-/m0/s1. The quantitative estimate of drug-likeness (QED) is 0.553. The summed E-state index contributed by atoms with van der Waals surface area (Å²) in [7, 11) is 0. The lowest BCUT2D eigenvalue weighted by Crippen LogP contribution is -2.39. The largest absolute Gasteiger partial charge is 0.375 e. The zero-order chi connectivity index (χ0) is 22.9. The zero-order valence-electron chi connectivity index (χ0n) is 18.4. The maximum absolute atomic E-state index is 12.3. The van der Waals surface area contributed by atoms with E-state index >= 15 is 0 Å². The lowest BCUT2D eigenvalue weighted by Gasteiger charge is -2.25. The Kier molecular flexibility index (Phi) is 6.42. The van der Waals surface area contributed by atoms with E-state index in [-0.39, 0.29) is 24.5 Å². The van der Waals surface area contributed by atoms with Gasteiger partial charge in [-0.15, -0.1) is 11.3 Å². The molecule has 0 bridgehead atoms. The molecule has 1 N–H and O–H groups in total. The zero-order valence-corrected chi connectivity index (χ0v) is 20.0. The molecule has 0 aliphatic carbocycles. The van der Waals surface area contributed by atoms with Gasteiger partial charge in [0, 0.05) is 47.8 Å². The number of nitrogens with one attached hydrogen (secondary N) is 1. The Labute approximate surface area is 201 Å². The lowest BCUT2D eigenvalue weighted by molar-refractivity contribution is -0.148. The number of hydrogen-bond donors (Lipinski definition) is 1. The maximum Gasteiger partial charge on any atom is 0.229 e. The molecular formula is C24H25ClN4O3S. The summed E-state index contributed by atoms with van der Waals surface area (Å²) in [6, 6.07) is 5.88. The first-order chi connectivity index (χ1) is 16.0. The van der Waals surface area contributed by atoms with Crippen LogP contribution in [0, 0.1) is 6.92 Å². The van der Waals surface area contributed by atoms with Gasteiger partial charge in [0.2, 0.25) is 11.8 Å². The molecule has 7 nitrogen and oxygen atoms in total. The molecule has 0 saturated carbocycles. The van der Waals surface area contributed by atoms with Crippen LogP contribution in [0.5, 0.6) is 0 Å². The van der Waals surface area contributed by atoms with Crippen molar-refractivity contribution >= 4 is 45.0 Å². The fourth-order valence-electron chi connectivity index (χ4n) is 4.54. The third-order valence-electron chi connectivity index (χ3n) is 6.19. The summed E-state index contributed by atoms with van der Waals surface area (Å²) in [5, 5.41) is 4.04. The molecule has 2 amide bonds. The first-order valence-electron chi connectivity index (χ1n) is 11.2. The van der Waals surface area contributed by atoms with Crippen molar-refractivity contribution in [3.8, 4) is 11.3 Å². The Morgan fingerprint density at radius 1 is 1.21 bits per heavy atom. The predicted octanol–water partition coefficient (Wildman–Crippen LogP) is 3.89. The van der Waals surface area contributed by atoms with E-state index in [1.807, 2.05) is 18.2 Å². The number of halogens is 1. The van der Waals surface area contributed by atoms with E-state index in [1.54, 1.807) is 6.33 Å². The number of fused-ring (bicyclic) bond motifs is 1. The smallest absolute Gasteiger partial charge is 0.229 e. The van der Waals surface area contributed by atoms with Gasteiger partial charge in [0.05, 0.1) is 35.2 Å². The second-order valence-corrected chi connectivity index (χ2v) is 10.1. The van der Waals surface area contributed by atoms with Crippen LogP contribution in [0.3, 0.4) is 0 Å². The Hall–Kier alpha value is -2.39. The molecule has 0 spiro atoms. The molecule has 9 heteroatoms. The van der Waals surface area contributed by atoms with Crippen molar-refractivity contribution in [1.82, 2.24) is 20.2 Å². The molecule has 2 aliphatic rings. The van der Waals surface area contributed by atoms with Crippen LogP contribution in [0.15, 0.2) is 24.5 Å². The summed E-state index contributed by atoms with van der Waals surface area (Å²) in [6.45, 7) is 4.72. The number of benzene rings is 1. The van der Waals surface area contributed by atoms with E-state index < -0.39 is 0 Å². The van der Waals surface area contributed by atoms with Crippen LogP contribution < -0.4 is 5.32 Å². The Bertz CT molecular complexity index is 1210. The van der Waals surface area contributed by atoms with Crippen molar-refractivity contribution < 1.29 is 14.3 Å². The summed E-state index contributed by atoms with van der Waals surface area (Å²) in [6.07, 6.45) is 3.88. The summed E-state index contributed by atoms with van der Waals surface area (Å²) < 4.78 is 6.89. The van der Waals surface area contributed by atoms with E-state index in [2.05, 4.69) is 22.2 Å². The van der Waals surface area contributed by atoms with Crippen molar-refractivity contribution in [3.05, 3.63) is 45.6 Å². The van der Waals surface area contributed by atoms with Crippen molar-refractivity contribution in [2.24, 2.45) is 0 Å². The summed E-state index contributed by atoms with van der Waals surface area (Å²) in [5.41, 5.74) is 4.84. The molecule has 3 aromatic rings. The van der Waals surface area contributed by atoms with E-state index in [0.717, 1.165) is 57.0 Å². The summed E-state index contributed by atoms with van der Waals surface area (Å²) in [4.78, 5) is 35.9. The van der Waals surface area contributed by atoms with Crippen molar-refractivity contribution in [2.75, 3.05) is 19.7 Å². The number of morpholine rings is 1. The van der Waals surface area contributed by atoms with Gasteiger partial charge in [0.25, 0.3) is 0 Å². The molecular weight excluding hydrogens is 460 g/mol. The molecule has 1 atom stereocenters. The van der Waals surface area contributed by atoms with Crippen molar-refractivity contribution in [2.45, 2.75) is 45.3 Å². The van der Waals surface area contributed by atoms with Gasteiger partial charge in [0.1, 0.15) is 6.33 Å². The number of nitrogens with zero attached hydrogens (tertiary/aromatic N) is 3. The normalized spacial score (nSPS) is 19.5. The van der Waals surface area contributed by atoms with Crippen molar-refractivity contribution in [1.29, 1.82) is 0 Å². The molecule has 33 heavy (non-hydrogen) atoms. The molecule has 2 saturated heterocycles. The van der Waals surface area contributed by atoms with Gasteiger partial charge < -0.3 is 10.1 Å². The van der Waals surface area contributed by atoms with Gasteiger partial charge in [-0.2, -0.15) is 0 Å². The molecule has 2 fully saturated rings. The number of thiophene rings is 1. The number of hydrogen-bond acceptors (Lipinski definition) is 7. The molecule has 5 rings (SSSR count). The number of aryl methyl sites for hydroxylation is 1. The van der Waals surface area contributed by atoms with Crippen LogP contribution in [-0.2, 0) is 27.3 Å². The minimum atomic E-state index is -0.108. The Morgan fingerprint density at radius 2 is 2.03 bits per heavy atom. The van der Waals surface area contributed by atoms with E-state index in [1.165, 1.54) is 16.2 Å². The number of rotatable bonds is 5. The summed E-state index contributed by atoms with van der Waals surface area (Å²) in [5.74, 6) is -0.215. The average Bonchev–Trinajstić information content (AvgIpc) is 3.22. The second-order valence-electron chi connectivity index (χ2n) is 8.53. The number of ether oxygens (including phenoxy) is 1. The van der Waals surface area contributed by atoms with Gasteiger partial charge in [-0.1, -0.05) is 11.6 Å². The average molecular weight is 485 g/mol. The van der Waals surface area contributed by atoms with E-state index in [9.17, 15) is 9.59 Å².